The third kappa shape index (κ3) is 5.56. The molecule has 0 radical (unpaired) electrons. The van der Waals surface area contributed by atoms with E-state index in [0.29, 0.717) is 19.6 Å². The Bertz CT molecular complexity index is 215. The van der Waals surface area contributed by atoms with Crippen LogP contribution in [0, 0.1) is 0 Å². The topological polar surface area (TPSA) is 89.9 Å². The Morgan fingerprint density at radius 2 is 2.00 bits per heavy atom. The first-order chi connectivity index (χ1) is 6.58. The highest BCUT2D eigenvalue weighted by Crippen LogP contribution is 2.02. The van der Waals surface area contributed by atoms with E-state index >= 15 is 0 Å². The van der Waals surface area contributed by atoms with Crippen molar-refractivity contribution in [2.45, 2.75) is 12.5 Å². The van der Waals surface area contributed by atoms with E-state index in [1.165, 1.54) is 0 Å². The lowest BCUT2D eigenvalue weighted by molar-refractivity contribution is -0.138. The third-order valence-corrected chi connectivity index (χ3v) is 2.12. The molecule has 1 fully saturated rings. The summed E-state index contributed by atoms with van der Waals surface area (Å²) in [5, 5.41) is 20.2. The standard InChI is InChI=1S/C8H14N2O4.ClH/c11-7(12)3-6-4-10(2-1-9-6)5-8(13)14;/h6,9H,1-5H2,(H,11,12)(H,13,14);1H. The molecule has 0 saturated carbocycles. The molecule has 1 saturated heterocycles. The molecule has 6 nitrogen and oxygen atoms in total. The van der Waals surface area contributed by atoms with Crippen LogP contribution in [0.2, 0.25) is 0 Å². The van der Waals surface area contributed by atoms with Crippen molar-refractivity contribution in [3.05, 3.63) is 0 Å². The molecule has 1 aliphatic heterocycles. The minimum Gasteiger partial charge on any atom is -0.481 e. The number of nitrogens with one attached hydrogen (secondary N) is 1. The summed E-state index contributed by atoms with van der Waals surface area (Å²) in [5.74, 6) is -1.74. The van der Waals surface area contributed by atoms with Crippen LogP contribution in [0.15, 0.2) is 0 Å². The van der Waals surface area contributed by atoms with Crippen molar-refractivity contribution in [3.8, 4) is 0 Å². The number of carbonyl (C=O) groups is 2. The van der Waals surface area contributed by atoms with Crippen LogP contribution >= 0.6 is 12.4 Å². The fraction of sp³-hybridized carbons (Fsp3) is 0.750. The highest BCUT2D eigenvalue weighted by molar-refractivity contribution is 5.85. The number of nitrogens with zero attached hydrogens (tertiary/aromatic N) is 1. The van der Waals surface area contributed by atoms with E-state index in [4.69, 9.17) is 10.2 Å². The van der Waals surface area contributed by atoms with Gasteiger partial charge in [-0.2, -0.15) is 0 Å². The number of carboxylic acid groups (broad SMARTS) is 2. The average molecular weight is 239 g/mol. The molecule has 15 heavy (non-hydrogen) atoms. The lowest BCUT2D eigenvalue weighted by atomic mass is 10.1. The number of aliphatic carboxylic acids is 2. The number of hydrogen-bond donors (Lipinski definition) is 3. The van der Waals surface area contributed by atoms with E-state index in [-0.39, 0.29) is 31.4 Å². The Balaban J connectivity index is 0.00000196. The van der Waals surface area contributed by atoms with Gasteiger partial charge in [0.2, 0.25) is 0 Å². The van der Waals surface area contributed by atoms with E-state index in [9.17, 15) is 9.59 Å². The molecule has 0 aliphatic carbocycles. The summed E-state index contributed by atoms with van der Waals surface area (Å²) in [4.78, 5) is 22.6. The minimum atomic E-state index is -0.874. The van der Waals surface area contributed by atoms with Gasteiger partial charge in [-0.15, -0.1) is 12.4 Å². The molecule has 1 rings (SSSR count). The van der Waals surface area contributed by atoms with Gasteiger partial charge in [-0.05, 0) is 0 Å². The van der Waals surface area contributed by atoms with Gasteiger partial charge in [-0.1, -0.05) is 0 Å². The lowest BCUT2D eigenvalue weighted by Gasteiger charge is -2.31. The van der Waals surface area contributed by atoms with Crippen molar-refractivity contribution >= 4 is 24.3 Å². The fourth-order valence-corrected chi connectivity index (χ4v) is 1.58. The van der Waals surface area contributed by atoms with Crippen LogP contribution in [0.4, 0.5) is 0 Å². The Labute approximate surface area is 93.7 Å². The van der Waals surface area contributed by atoms with Crippen molar-refractivity contribution in [1.29, 1.82) is 0 Å². The molecule has 0 bridgehead atoms. The van der Waals surface area contributed by atoms with Crippen molar-refractivity contribution < 1.29 is 19.8 Å². The predicted molar refractivity (Wildman–Crippen MR) is 55.4 cm³/mol. The van der Waals surface area contributed by atoms with Crippen LogP contribution in [0.25, 0.3) is 0 Å². The molecule has 0 amide bonds. The van der Waals surface area contributed by atoms with E-state index < -0.39 is 11.9 Å². The van der Waals surface area contributed by atoms with Crippen molar-refractivity contribution in [2.24, 2.45) is 0 Å². The van der Waals surface area contributed by atoms with Gasteiger partial charge >= 0.3 is 11.9 Å². The van der Waals surface area contributed by atoms with Crippen molar-refractivity contribution in [3.63, 3.8) is 0 Å². The van der Waals surface area contributed by atoms with Crippen LogP contribution in [-0.2, 0) is 9.59 Å². The van der Waals surface area contributed by atoms with E-state index in [2.05, 4.69) is 5.32 Å². The second-order valence-electron chi connectivity index (χ2n) is 3.38. The summed E-state index contributed by atoms with van der Waals surface area (Å²) in [7, 11) is 0. The van der Waals surface area contributed by atoms with Crippen LogP contribution in [0.1, 0.15) is 6.42 Å². The average Bonchev–Trinajstić information content (AvgIpc) is 2.01. The van der Waals surface area contributed by atoms with Crippen LogP contribution < -0.4 is 5.32 Å². The largest absolute Gasteiger partial charge is 0.481 e. The first-order valence-corrected chi connectivity index (χ1v) is 4.47. The summed E-state index contributed by atoms with van der Waals surface area (Å²) in [6, 6.07) is -0.138. The summed E-state index contributed by atoms with van der Waals surface area (Å²) >= 11 is 0. The minimum absolute atomic E-state index is 0. The molecule has 0 aromatic heterocycles. The monoisotopic (exact) mass is 238 g/mol. The van der Waals surface area contributed by atoms with Gasteiger partial charge in [-0.3, -0.25) is 14.5 Å². The van der Waals surface area contributed by atoms with Crippen molar-refractivity contribution in [2.75, 3.05) is 26.2 Å². The molecule has 0 aromatic carbocycles. The summed E-state index contributed by atoms with van der Waals surface area (Å²) in [6.45, 7) is 1.77. The van der Waals surface area contributed by atoms with Gasteiger partial charge in [0, 0.05) is 25.7 Å². The maximum atomic E-state index is 10.4. The first-order valence-electron chi connectivity index (χ1n) is 4.47. The van der Waals surface area contributed by atoms with Crippen LogP contribution in [0.5, 0.6) is 0 Å². The molecule has 7 heteroatoms. The van der Waals surface area contributed by atoms with Gasteiger partial charge in [-0.25, -0.2) is 0 Å². The van der Waals surface area contributed by atoms with E-state index in [1.807, 2.05) is 0 Å². The zero-order chi connectivity index (χ0) is 10.6. The molecule has 88 valence electrons. The zero-order valence-corrected chi connectivity index (χ0v) is 9.00. The SMILES string of the molecule is Cl.O=C(O)CC1CN(CC(=O)O)CCN1. The number of carboxylic acids is 2. The highest BCUT2D eigenvalue weighted by Gasteiger charge is 2.22. The second kappa shape index (κ2) is 6.60. The molecule has 1 aliphatic rings. The Kier molecular flexibility index (Phi) is 6.23. The fourth-order valence-electron chi connectivity index (χ4n) is 1.58. The molecule has 0 aromatic rings. The van der Waals surface area contributed by atoms with Crippen LogP contribution in [0.3, 0.4) is 0 Å². The Morgan fingerprint density at radius 3 is 2.53 bits per heavy atom. The maximum Gasteiger partial charge on any atom is 0.317 e. The zero-order valence-electron chi connectivity index (χ0n) is 8.18. The first kappa shape index (κ1) is 14.2. The molecule has 1 atom stereocenters. The Hall–Kier alpha value is -0.850. The van der Waals surface area contributed by atoms with E-state index in [1.54, 1.807) is 4.90 Å². The molecule has 0 spiro atoms. The summed E-state index contributed by atoms with van der Waals surface area (Å²) < 4.78 is 0. The molecular formula is C8H15ClN2O4. The third-order valence-electron chi connectivity index (χ3n) is 2.12. The van der Waals surface area contributed by atoms with Gasteiger partial charge in [0.25, 0.3) is 0 Å². The number of hydrogen-bond acceptors (Lipinski definition) is 4. The summed E-state index contributed by atoms with van der Waals surface area (Å²) in [5.41, 5.74) is 0. The lowest BCUT2D eigenvalue weighted by Crippen LogP contribution is -2.52. The van der Waals surface area contributed by atoms with Crippen molar-refractivity contribution in [1.82, 2.24) is 10.2 Å². The van der Waals surface area contributed by atoms with Gasteiger partial charge in [0.05, 0.1) is 13.0 Å². The normalized spacial score (nSPS) is 21.7. The molecule has 3 N–H and O–H groups in total. The second-order valence-corrected chi connectivity index (χ2v) is 3.38. The number of halogens is 1. The smallest absolute Gasteiger partial charge is 0.317 e. The van der Waals surface area contributed by atoms with Gasteiger partial charge < -0.3 is 15.5 Å². The number of rotatable bonds is 4. The summed E-state index contributed by atoms with van der Waals surface area (Å²) in [6.07, 6.45) is 0.0378. The van der Waals surface area contributed by atoms with E-state index in [0.717, 1.165) is 0 Å². The molecule has 1 heterocycles. The Morgan fingerprint density at radius 1 is 1.33 bits per heavy atom. The van der Waals surface area contributed by atoms with Gasteiger partial charge in [0.15, 0.2) is 0 Å². The van der Waals surface area contributed by atoms with Gasteiger partial charge in [0.1, 0.15) is 0 Å². The highest BCUT2D eigenvalue weighted by atomic mass is 35.5. The molecule has 1 unspecified atom stereocenters. The number of piperazine rings is 1. The maximum absolute atomic E-state index is 10.4. The predicted octanol–water partition coefficient (Wildman–Crippen LogP) is -0.759. The molecular weight excluding hydrogens is 224 g/mol. The van der Waals surface area contributed by atoms with Crippen LogP contribution in [-0.4, -0.2) is 59.3 Å². The quantitative estimate of drug-likeness (QED) is 0.597.